The van der Waals surface area contributed by atoms with E-state index in [1.165, 1.54) is 0 Å². The maximum atomic E-state index is 12.4. The van der Waals surface area contributed by atoms with Crippen LogP contribution in [0, 0.1) is 0 Å². The van der Waals surface area contributed by atoms with E-state index in [0.717, 1.165) is 11.3 Å². The van der Waals surface area contributed by atoms with Crippen LogP contribution in [0.3, 0.4) is 0 Å². The fourth-order valence-corrected chi connectivity index (χ4v) is 3.17. The van der Waals surface area contributed by atoms with Crippen molar-refractivity contribution < 1.29 is 9.53 Å². The van der Waals surface area contributed by atoms with Gasteiger partial charge in [-0.2, -0.15) is 5.10 Å². The summed E-state index contributed by atoms with van der Waals surface area (Å²) in [5.74, 6) is 0.911. The lowest BCUT2D eigenvalue weighted by Crippen LogP contribution is -2.13. The Hall–Kier alpha value is -2.02. The summed E-state index contributed by atoms with van der Waals surface area (Å²) in [5, 5.41) is 8.20. The third kappa shape index (κ3) is 5.03. The van der Waals surface area contributed by atoms with Crippen LogP contribution in [0.2, 0.25) is 10.0 Å². The largest absolute Gasteiger partial charge is 0.494 e. The number of nitrogens with one attached hydrogen (secondary N) is 1. The lowest BCUT2D eigenvalue weighted by atomic mass is 10.2. The van der Waals surface area contributed by atoms with Crippen LogP contribution in [-0.2, 0) is 6.54 Å². The van der Waals surface area contributed by atoms with Crippen molar-refractivity contribution in [3.05, 3.63) is 74.3 Å². The molecule has 3 aromatic rings. The summed E-state index contributed by atoms with van der Waals surface area (Å²) in [7, 11) is 0. The fraction of sp³-hybridized carbons (Fsp3) is 0.158. The lowest BCUT2D eigenvalue weighted by Gasteiger charge is -2.06. The first-order valence-electron chi connectivity index (χ1n) is 8.17. The molecule has 8 heteroatoms. The topological polar surface area (TPSA) is 56.1 Å². The van der Waals surface area contributed by atoms with Crippen LogP contribution in [0.4, 0.5) is 5.82 Å². The first-order valence-corrected chi connectivity index (χ1v) is 9.72. The number of nitrogens with zero attached hydrogens (tertiary/aromatic N) is 2. The van der Waals surface area contributed by atoms with Crippen molar-refractivity contribution in [3.8, 4) is 5.75 Å². The van der Waals surface area contributed by atoms with Gasteiger partial charge in [0.05, 0.1) is 27.7 Å². The van der Waals surface area contributed by atoms with E-state index in [-0.39, 0.29) is 5.91 Å². The molecule has 0 radical (unpaired) electrons. The molecule has 140 valence electrons. The van der Waals surface area contributed by atoms with E-state index in [2.05, 4.69) is 26.3 Å². The van der Waals surface area contributed by atoms with E-state index in [1.807, 2.05) is 13.0 Å². The summed E-state index contributed by atoms with van der Waals surface area (Å²) in [6, 6.07) is 12.3. The molecule has 1 amide bonds. The minimum Gasteiger partial charge on any atom is -0.494 e. The van der Waals surface area contributed by atoms with Gasteiger partial charge in [0.2, 0.25) is 0 Å². The maximum absolute atomic E-state index is 12.4. The van der Waals surface area contributed by atoms with Crippen LogP contribution in [0.25, 0.3) is 0 Å². The van der Waals surface area contributed by atoms with E-state index >= 15 is 0 Å². The number of halogens is 3. The monoisotopic (exact) mass is 467 g/mol. The number of carbonyl (C=O) groups is 1. The van der Waals surface area contributed by atoms with Gasteiger partial charge >= 0.3 is 0 Å². The Bertz CT molecular complexity index is 958. The quantitative estimate of drug-likeness (QED) is 0.508. The number of rotatable bonds is 6. The number of aromatic nitrogens is 2. The first kappa shape index (κ1) is 19.7. The number of ether oxygens (including phenoxy) is 1. The number of amides is 1. The van der Waals surface area contributed by atoms with Crippen LogP contribution < -0.4 is 10.1 Å². The third-order valence-electron chi connectivity index (χ3n) is 3.71. The van der Waals surface area contributed by atoms with E-state index < -0.39 is 0 Å². The predicted molar refractivity (Wildman–Crippen MR) is 111 cm³/mol. The second kappa shape index (κ2) is 8.78. The van der Waals surface area contributed by atoms with Crippen LogP contribution in [0.15, 0.2) is 53.1 Å². The van der Waals surface area contributed by atoms with Gasteiger partial charge in [-0.25, -0.2) is 0 Å². The molecule has 5 nitrogen and oxygen atoms in total. The average Bonchev–Trinajstić information content (AvgIpc) is 2.98. The Morgan fingerprint density at radius 2 is 1.93 bits per heavy atom. The molecule has 0 saturated carbocycles. The van der Waals surface area contributed by atoms with Gasteiger partial charge in [0, 0.05) is 11.8 Å². The maximum Gasteiger partial charge on any atom is 0.256 e. The van der Waals surface area contributed by atoms with Crippen molar-refractivity contribution >= 4 is 50.9 Å². The highest BCUT2D eigenvalue weighted by molar-refractivity contribution is 9.10. The molecule has 0 atom stereocenters. The minimum absolute atomic E-state index is 0.251. The molecule has 0 aliphatic carbocycles. The Morgan fingerprint density at radius 3 is 2.59 bits per heavy atom. The van der Waals surface area contributed by atoms with Crippen LogP contribution in [0.1, 0.15) is 22.8 Å². The number of anilines is 1. The molecule has 2 aromatic carbocycles. The number of carbonyl (C=O) groups excluding carboxylic acids is 1. The van der Waals surface area contributed by atoms with E-state index in [9.17, 15) is 4.79 Å². The Morgan fingerprint density at radius 1 is 1.19 bits per heavy atom. The zero-order valence-electron chi connectivity index (χ0n) is 14.4. The summed E-state index contributed by atoms with van der Waals surface area (Å²) in [6.07, 6.45) is 1.79. The summed E-state index contributed by atoms with van der Waals surface area (Å²) in [6.45, 7) is 2.98. The minimum atomic E-state index is -0.251. The Balaban J connectivity index is 1.70. The van der Waals surface area contributed by atoms with Gasteiger partial charge in [0.15, 0.2) is 5.82 Å². The molecule has 0 unspecified atom stereocenters. The van der Waals surface area contributed by atoms with Gasteiger partial charge in [-0.3, -0.25) is 9.48 Å². The van der Waals surface area contributed by atoms with Crippen LogP contribution >= 0.6 is 39.1 Å². The molecule has 0 bridgehead atoms. The van der Waals surface area contributed by atoms with Crippen molar-refractivity contribution in [1.29, 1.82) is 0 Å². The summed E-state index contributed by atoms with van der Waals surface area (Å²) >= 11 is 15.4. The van der Waals surface area contributed by atoms with E-state index in [0.29, 0.717) is 39.1 Å². The molecule has 0 saturated heterocycles. The zero-order valence-corrected chi connectivity index (χ0v) is 17.5. The highest BCUT2D eigenvalue weighted by Crippen LogP contribution is 2.25. The third-order valence-corrected chi connectivity index (χ3v) is 5.02. The van der Waals surface area contributed by atoms with Crippen molar-refractivity contribution in [2.75, 3.05) is 11.9 Å². The number of benzene rings is 2. The summed E-state index contributed by atoms with van der Waals surface area (Å²) in [5.41, 5.74) is 1.47. The van der Waals surface area contributed by atoms with Crippen molar-refractivity contribution in [3.63, 3.8) is 0 Å². The second-order valence-corrected chi connectivity index (χ2v) is 7.35. The van der Waals surface area contributed by atoms with Crippen molar-refractivity contribution in [1.82, 2.24) is 9.78 Å². The predicted octanol–water partition coefficient (Wildman–Crippen LogP) is 5.65. The van der Waals surface area contributed by atoms with Gasteiger partial charge in [0.25, 0.3) is 5.91 Å². The normalized spacial score (nSPS) is 10.7. The molecule has 3 rings (SSSR count). The first-order chi connectivity index (χ1) is 13.0. The Labute approximate surface area is 175 Å². The molecule has 0 spiro atoms. The highest BCUT2D eigenvalue weighted by Gasteiger charge is 2.13. The van der Waals surface area contributed by atoms with Gasteiger partial charge in [-0.15, -0.1) is 0 Å². The Kier molecular flexibility index (Phi) is 6.42. The van der Waals surface area contributed by atoms with Gasteiger partial charge < -0.3 is 10.1 Å². The zero-order chi connectivity index (χ0) is 19.4. The average molecular weight is 469 g/mol. The lowest BCUT2D eigenvalue weighted by molar-refractivity contribution is 0.102. The molecule has 1 N–H and O–H groups in total. The van der Waals surface area contributed by atoms with E-state index in [1.54, 1.807) is 47.3 Å². The molecular weight excluding hydrogens is 453 g/mol. The van der Waals surface area contributed by atoms with Crippen LogP contribution in [0.5, 0.6) is 5.75 Å². The SMILES string of the molecule is CCOc1ccc(C(=O)Nc2nn(Cc3ccc(Cl)c(Cl)c3)cc2Br)cc1. The van der Waals surface area contributed by atoms with Crippen molar-refractivity contribution in [2.45, 2.75) is 13.5 Å². The molecule has 0 aliphatic rings. The molecular formula is C19H16BrCl2N3O2. The number of hydrogen-bond acceptors (Lipinski definition) is 3. The smallest absolute Gasteiger partial charge is 0.256 e. The highest BCUT2D eigenvalue weighted by atomic mass is 79.9. The number of hydrogen-bond donors (Lipinski definition) is 1. The standard InChI is InChI=1S/C19H16BrCl2N3O2/c1-2-27-14-6-4-13(5-7-14)19(26)23-18-15(20)11-25(24-18)10-12-3-8-16(21)17(22)9-12/h3-9,11H,2,10H2,1H3,(H,23,24,26). The van der Waals surface area contributed by atoms with Gasteiger partial charge in [0.1, 0.15) is 5.75 Å². The van der Waals surface area contributed by atoms with E-state index in [4.69, 9.17) is 27.9 Å². The molecule has 0 fully saturated rings. The van der Waals surface area contributed by atoms with Gasteiger partial charge in [-0.05, 0) is 64.8 Å². The molecule has 1 aromatic heterocycles. The van der Waals surface area contributed by atoms with Crippen LogP contribution in [-0.4, -0.2) is 22.3 Å². The molecule has 27 heavy (non-hydrogen) atoms. The summed E-state index contributed by atoms with van der Waals surface area (Å²) < 4.78 is 7.77. The summed E-state index contributed by atoms with van der Waals surface area (Å²) in [4.78, 5) is 12.4. The second-order valence-electron chi connectivity index (χ2n) is 5.68. The van der Waals surface area contributed by atoms with Crippen molar-refractivity contribution in [2.24, 2.45) is 0 Å². The molecule has 1 heterocycles. The fourth-order valence-electron chi connectivity index (χ4n) is 2.44. The van der Waals surface area contributed by atoms with Gasteiger partial charge in [-0.1, -0.05) is 29.3 Å². The molecule has 0 aliphatic heterocycles.